The summed E-state index contributed by atoms with van der Waals surface area (Å²) < 4.78 is 32.1. The molecule has 42 heavy (non-hydrogen) atoms. The molecule has 1 amide bonds. The number of hydrogen-bond acceptors (Lipinski definition) is 7. The molecular weight excluding hydrogens is 558 g/mol. The van der Waals surface area contributed by atoms with Gasteiger partial charge in [-0.05, 0) is 54.8 Å². The highest BCUT2D eigenvalue weighted by molar-refractivity contribution is 6.09. The molecule has 1 N–H and O–H groups in total. The van der Waals surface area contributed by atoms with E-state index < -0.39 is 34.3 Å². The first-order chi connectivity index (χ1) is 20.1. The highest BCUT2D eigenvalue weighted by Crippen LogP contribution is 2.37. The second kappa shape index (κ2) is 11.4. The quantitative estimate of drug-likeness (QED) is 0.272. The Kier molecular flexibility index (Phi) is 7.91. The second-order valence-electron chi connectivity index (χ2n) is 10.6. The minimum atomic E-state index is -0.883. The Morgan fingerprint density at radius 3 is 2.64 bits per heavy atom. The van der Waals surface area contributed by atoms with Gasteiger partial charge in [-0.15, -0.1) is 0 Å². The highest BCUT2D eigenvalue weighted by Gasteiger charge is 2.32. The Labute approximate surface area is 244 Å². The van der Waals surface area contributed by atoms with E-state index in [1.54, 1.807) is 17.2 Å². The number of hydrogen-bond donors (Lipinski definition) is 1. The van der Waals surface area contributed by atoms with Gasteiger partial charge in [-0.1, -0.05) is 26.5 Å². The summed E-state index contributed by atoms with van der Waals surface area (Å²) in [6, 6.07) is 7.20. The molecule has 1 aliphatic heterocycles. The zero-order valence-electron chi connectivity index (χ0n) is 23.9. The smallest absolute Gasteiger partial charge is 0.355 e. The molecule has 1 fully saturated rings. The van der Waals surface area contributed by atoms with E-state index in [1.165, 1.54) is 28.8 Å². The number of nitrogens with zero attached hydrogens (tertiary/aromatic N) is 6. The van der Waals surface area contributed by atoms with E-state index in [4.69, 9.17) is 0 Å². The minimum absolute atomic E-state index is 0.0544. The Morgan fingerprint density at radius 2 is 1.98 bits per heavy atom. The number of phenols is 1. The van der Waals surface area contributed by atoms with Crippen molar-refractivity contribution in [2.45, 2.75) is 38.8 Å². The molecule has 1 aromatic carbocycles. The van der Waals surface area contributed by atoms with Crippen molar-refractivity contribution in [2.75, 3.05) is 24.5 Å². The summed E-state index contributed by atoms with van der Waals surface area (Å²) in [5.41, 5.74) is 0.358. The lowest BCUT2D eigenvalue weighted by Gasteiger charge is -2.42. The van der Waals surface area contributed by atoms with Gasteiger partial charge in [0.05, 0.1) is 22.3 Å². The van der Waals surface area contributed by atoms with Gasteiger partial charge in [0, 0.05) is 42.1 Å². The summed E-state index contributed by atoms with van der Waals surface area (Å²) in [4.78, 5) is 43.5. The maximum absolute atomic E-state index is 15.9. The second-order valence-corrected chi connectivity index (χ2v) is 11.5. The summed E-state index contributed by atoms with van der Waals surface area (Å²) in [7, 11) is 0.804. The number of piperazine rings is 1. The fourth-order valence-corrected chi connectivity index (χ4v) is 6.25. The zero-order chi connectivity index (χ0) is 30.3. The number of aryl methyl sites for hydroxylation is 1. The Hall–Kier alpha value is -4.45. The number of anilines is 1. The lowest BCUT2D eigenvalue weighted by molar-refractivity contribution is -0.126. The molecule has 1 atom stereocenters. The molecule has 218 valence electrons. The average molecular weight is 591 g/mol. The third-order valence-electron chi connectivity index (χ3n) is 7.67. The van der Waals surface area contributed by atoms with Crippen LogP contribution in [0.25, 0.3) is 28.0 Å². The van der Waals surface area contributed by atoms with E-state index in [0.717, 1.165) is 27.9 Å². The first-order valence-electron chi connectivity index (χ1n) is 13.8. The molecule has 1 saturated heterocycles. The molecule has 12 heteroatoms. The summed E-state index contributed by atoms with van der Waals surface area (Å²) in [6.45, 7) is 10.4. The molecule has 0 spiro atoms. The molecule has 0 unspecified atom stereocenters. The van der Waals surface area contributed by atoms with Gasteiger partial charge in [0.2, 0.25) is 5.91 Å². The van der Waals surface area contributed by atoms with E-state index in [0.29, 0.717) is 31.0 Å². The monoisotopic (exact) mass is 590 g/mol. The number of benzene rings is 1. The standard InChI is InChI=1S/C30H32F2N6O3Si/c1-5-23(40)36-11-12-37(18(14-36)15-42)28-19-13-21(32)26(24-20(31)7-6-8-22(24)39)34-29(19)38(30(41)35-28)27-17(4)9-10-33-25(27)16(2)3/h5-10,13,16,18,39H,1,11-12,14-15H2,2-4,42H3/t18-/m1/s1. The number of rotatable bonds is 6. The third-order valence-corrected chi connectivity index (χ3v) is 8.61. The van der Waals surface area contributed by atoms with Crippen LogP contribution in [0.4, 0.5) is 14.6 Å². The summed E-state index contributed by atoms with van der Waals surface area (Å²) in [5, 5.41) is 10.7. The number of amides is 1. The number of carbonyl (C=O) groups is 1. The number of halogens is 2. The fourth-order valence-electron chi connectivity index (χ4n) is 5.55. The normalized spacial score (nSPS) is 15.5. The SMILES string of the molecule is C=CC(=O)N1CCN(c2nc(=O)n(-c3c(C)ccnc3C(C)C)c3nc(-c4c(O)cccc4F)c(F)cc23)[C@@H](C[SiH3])C1. The predicted molar refractivity (Wildman–Crippen MR) is 161 cm³/mol. The van der Waals surface area contributed by atoms with Gasteiger partial charge in [-0.3, -0.25) is 9.78 Å². The van der Waals surface area contributed by atoms with Crippen LogP contribution in [0.2, 0.25) is 6.04 Å². The van der Waals surface area contributed by atoms with Gasteiger partial charge >= 0.3 is 5.69 Å². The van der Waals surface area contributed by atoms with E-state index in [-0.39, 0.29) is 34.7 Å². The van der Waals surface area contributed by atoms with Crippen molar-refractivity contribution in [2.24, 2.45) is 0 Å². The predicted octanol–water partition coefficient (Wildman–Crippen LogP) is 3.25. The van der Waals surface area contributed by atoms with E-state index in [2.05, 4.69) is 21.5 Å². The van der Waals surface area contributed by atoms with Crippen LogP contribution in [-0.2, 0) is 4.79 Å². The number of pyridine rings is 2. The van der Waals surface area contributed by atoms with Crippen LogP contribution < -0.4 is 10.6 Å². The summed E-state index contributed by atoms with van der Waals surface area (Å²) >= 11 is 0. The number of carbonyl (C=O) groups excluding carboxylic acids is 1. The van der Waals surface area contributed by atoms with Crippen LogP contribution in [0.5, 0.6) is 5.75 Å². The molecule has 3 aromatic heterocycles. The number of aromatic hydroxyl groups is 1. The molecule has 4 aromatic rings. The van der Waals surface area contributed by atoms with Crippen LogP contribution in [-0.4, -0.2) is 71.4 Å². The molecular formula is C30H32F2N6O3Si. The first kappa shape index (κ1) is 29.1. The van der Waals surface area contributed by atoms with E-state index in [9.17, 15) is 19.1 Å². The Balaban J connectivity index is 1.84. The molecule has 0 radical (unpaired) electrons. The number of fused-ring (bicyclic) bond motifs is 1. The van der Waals surface area contributed by atoms with Crippen LogP contribution in [0.1, 0.15) is 31.0 Å². The lowest BCUT2D eigenvalue weighted by atomic mass is 10.0. The van der Waals surface area contributed by atoms with Crippen molar-refractivity contribution in [3.63, 3.8) is 0 Å². The molecule has 0 saturated carbocycles. The van der Waals surface area contributed by atoms with Crippen LogP contribution >= 0.6 is 0 Å². The van der Waals surface area contributed by atoms with Crippen molar-refractivity contribution < 1.29 is 18.7 Å². The van der Waals surface area contributed by atoms with Crippen molar-refractivity contribution in [3.8, 4) is 22.7 Å². The van der Waals surface area contributed by atoms with Gasteiger partial charge < -0.3 is 14.9 Å². The van der Waals surface area contributed by atoms with E-state index >= 15 is 4.39 Å². The van der Waals surface area contributed by atoms with Crippen LogP contribution in [0, 0.1) is 18.6 Å². The van der Waals surface area contributed by atoms with Gasteiger partial charge in [0.1, 0.15) is 23.1 Å². The van der Waals surface area contributed by atoms with E-state index in [1.807, 2.05) is 25.7 Å². The third kappa shape index (κ3) is 4.95. The van der Waals surface area contributed by atoms with Crippen molar-refractivity contribution in [3.05, 3.63) is 82.6 Å². The first-order valence-corrected chi connectivity index (χ1v) is 15.2. The molecule has 0 aliphatic carbocycles. The van der Waals surface area contributed by atoms with Crippen molar-refractivity contribution >= 4 is 33.0 Å². The Morgan fingerprint density at radius 1 is 1.21 bits per heavy atom. The number of aromatic nitrogens is 4. The molecule has 9 nitrogen and oxygen atoms in total. The van der Waals surface area contributed by atoms with Crippen molar-refractivity contribution in [1.82, 2.24) is 24.4 Å². The maximum atomic E-state index is 15.9. The van der Waals surface area contributed by atoms with Crippen LogP contribution in [0.15, 0.2) is 54.0 Å². The Bertz CT molecular complexity index is 1760. The average Bonchev–Trinajstić information content (AvgIpc) is 2.96. The molecule has 5 rings (SSSR count). The number of phenolic OH excluding ortho intramolecular Hbond substituents is 1. The largest absolute Gasteiger partial charge is 0.507 e. The van der Waals surface area contributed by atoms with Crippen molar-refractivity contribution in [1.29, 1.82) is 0 Å². The van der Waals surface area contributed by atoms with Gasteiger partial charge in [0.25, 0.3) is 0 Å². The maximum Gasteiger partial charge on any atom is 0.355 e. The van der Waals surface area contributed by atoms with Gasteiger partial charge in [-0.2, -0.15) is 4.98 Å². The summed E-state index contributed by atoms with van der Waals surface area (Å²) in [5.74, 6) is -2.25. The minimum Gasteiger partial charge on any atom is -0.507 e. The molecule has 1 aliphatic rings. The molecule has 4 heterocycles. The molecule has 0 bridgehead atoms. The topological polar surface area (TPSA) is 104 Å². The summed E-state index contributed by atoms with van der Waals surface area (Å²) in [6.07, 6.45) is 2.93. The van der Waals surface area contributed by atoms with Gasteiger partial charge in [0.15, 0.2) is 11.5 Å². The highest BCUT2D eigenvalue weighted by atomic mass is 28.1. The fraction of sp³-hybridized carbons (Fsp3) is 0.300. The van der Waals surface area contributed by atoms with Gasteiger partial charge in [-0.25, -0.2) is 23.1 Å². The van der Waals surface area contributed by atoms with Crippen LogP contribution in [0.3, 0.4) is 0 Å². The zero-order valence-corrected chi connectivity index (χ0v) is 25.9. The lowest BCUT2D eigenvalue weighted by Crippen LogP contribution is -2.55.